The van der Waals surface area contributed by atoms with Gasteiger partial charge in [-0.1, -0.05) is 32.0 Å². The number of imidazole rings is 1. The summed E-state index contributed by atoms with van der Waals surface area (Å²) in [7, 11) is 0. The van der Waals surface area contributed by atoms with Crippen molar-refractivity contribution in [3.05, 3.63) is 54.2 Å². The van der Waals surface area contributed by atoms with Crippen LogP contribution in [0.15, 0.2) is 43.0 Å². The topological polar surface area (TPSA) is 195 Å². The highest BCUT2D eigenvalue weighted by molar-refractivity contribution is 7.80. The molecule has 39 heavy (non-hydrogen) atoms. The minimum Gasteiger partial charge on any atom is -0.480 e. The van der Waals surface area contributed by atoms with Gasteiger partial charge in [0.25, 0.3) is 0 Å². The fourth-order valence-corrected chi connectivity index (χ4v) is 4.41. The molecule has 3 rings (SSSR count). The van der Waals surface area contributed by atoms with Gasteiger partial charge in [-0.15, -0.1) is 0 Å². The summed E-state index contributed by atoms with van der Waals surface area (Å²) in [5, 5.41) is 18.0. The number of para-hydroxylation sites is 1. The molecule has 1 aromatic carbocycles. The SMILES string of the molecule is CC(C)CC(NC(=O)C(Cc1cnc[nH]1)NC(=O)C(N)Cc1c[nH]c2ccccc12)C(=O)NC(CS)C(=O)O. The van der Waals surface area contributed by atoms with Crippen molar-refractivity contribution >= 4 is 47.2 Å². The largest absolute Gasteiger partial charge is 0.480 e. The van der Waals surface area contributed by atoms with Crippen molar-refractivity contribution in [2.75, 3.05) is 5.75 Å². The van der Waals surface area contributed by atoms with Crippen LogP contribution >= 0.6 is 12.6 Å². The summed E-state index contributed by atoms with van der Waals surface area (Å²) < 4.78 is 0. The molecule has 2 aromatic heterocycles. The highest BCUT2D eigenvalue weighted by Crippen LogP contribution is 2.19. The lowest BCUT2D eigenvalue weighted by Gasteiger charge is -2.25. The van der Waals surface area contributed by atoms with Crippen molar-refractivity contribution in [1.29, 1.82) is 0 Å². The van der Waals surface area contributed by atoms with Gasteiger partial charge in [0.05, 0.1) is 12.4 Å². The van der Waals surface area contributed by atoms with E-state index in [1.54, 1.807) is 6.20 Å². The number of hydrogen-bond acceptors (Lipinski definition) is 7. The van der Waals surface area contributed by atoms with Gasteiger partial charge in [-0.05, 0) is 30.4 Å². The van der Waals surface area contributed by atoms with Gasteiger partial charge in [0.2, 0.25) is 17.7 Å². The Kier molecular flexibility index (Phi) is 10.5. The van der Waals surface area contributed by atoms with E-state index in [0.29, 0.717) is 5.69 Å². The fourth-order valence-electron chi connectivity index (χ4n) is 4.17. The molecule has 0 aliphatic rings. The normalized spacial score (nSPS) is 14.4. The van der Waals surface area contributed by atoms with Crippen LogP contribution in [-0.2, 0) is 32.0 Å². The van der Waals surface area contributed by atoms with Crippen molar-refractivity contribution < 1.29 is 24.3 Å². The monoisotopic (exact) mass is 557 g/mol. The van der Waals surface area contributed by atoms with Crippen LogP contribution in [0.5, 0.6) is 0 Å². The number of benzene rings is 1. The average molecular weight is 558 g/mol. The molecular formula is C26H35N7O5S. The van der Waals surface area contributed by atoms with Gasteiger partial charge in [-0.3, -0.25) is 14.4 Å². The molecule has 210 valence electrons. The van der Waals surface area contributed by atoms with Crippen molar-refractivity contribution in [2.45, 2.75) is 57.3 Å². The molecule has 8 N–H and O–H groups in total. The van der Waals surface area contributed by atoms with Crippen LogP contribution in [0.3, 0.4) is 0 Å². The van der Waals surface area contributed by atoms with Crippen molar-refractivity contribution in [3.8, 4) is 0 Å². The highest BCUT2D eigenvalue weighted by Gasteiger charge is 2.31. The first kappa shape index (κ1) is 29.7. The number of rotatable bonds is 14. The van der Waals surface area contributed by atoms with Crippen LogP contribution in [0.4, 0.5) is 0 Å². The van der Waals surface area contributed by atoms with Gasteiger partial charge in [0.15, 0.2) is 0 Å². The Labute approximate surface area is 231 Å². The number of fused-ring (bicyclic) bond motifs is 1. The maximum Gasteiger partial charge on any atom is 0.327 e. The zero-order chi connectivity index (χ0) is 28.5. The lowest BCUT2D eigenvalue weighted by Crippen LogP contribution is -2.58. The first-order chi connectivity index (χ1) is 18.6. The van der Waals surface area contributed by atoms with E-state index in [0.717, 1.165) is 16.5 Å². The Morgan fingerprint density at radius 3 is 2.28 bits per heavy atom. The second-order valence-corrected chi connectivity index (χ2v) is 10.2. The molecule has 0 saturated carbocycles. The summed E-state index contributed by atoms with van der Waals surface area (Å²) in [4.78, 5) is 60.8. The first-order valence-electron chi connectivity index (χ1n) is 12.6. The summed E-state index contributed by atoms with van der Waals surface area (Å²) in [6.45, 7) is 3.74. The molecular weight excluding hydrogens is 522 g/mol. The maximum absolute atomic E-state index is 13.4. The number of hydrogen-bond donors (Lipinski definition) is 8. The van der Waals surface area contributed by atoms with Crippen LogP contribution in [0.1, 0.15) is 31.5 Å². The molecule has 4 atom stereocenters. The molecule has 0 radical (unpaired) electrons. The summed E-state index contributed by atoms with van der Waals surface area (Å²) in [5.74, 6) is -3.15. The molecule has 0 saturated heterocycles. The lowest BCUT2D eigenvalue weighted by atomic mass is 10.0. The van der Waals surface area contributed by atoms with E-state index in [4.69, 9.17) is 5.73 Å². The average Bonchev–Trinajstić information content (AvgIpc) is 3.56. The summed E-state index contributed by atoms with van der Waals surface area (Å²) in [6, 6.07) is 3.40. The van der Waals surface area contributed by atoms with Crippen molar-refractivity contribution in [1.82, 2.24) is 30.9 Å². The fraction of sp³-hybridized carbons (Fsp3) is 0.423. The van der Waals surface area contributed by atoms with Gasteiger partial charge in [0.1, 0.15) is 18.1 Å². The van der Waals surface area contributed by atoms with Crippen LogP contribution < -0.4 is 21.7 Å². The van der Waals surface area contributed by atoms with E-state index < -0.39 is 47.9 Å². The number of nitrogens with zero attached hydrogens (tertiary/aromatic N) is 1. The van der Waals surface area contributed by atoms with E-state index >= 15 is 0 Å². The smallest absolute Gasteiger partial charge is 0.327 e. The van der Waals surface area contributed by atoms with Crippen LogP contribution in [0.25, 0.3) is 10.9 Å². The van der Waals surface area contributed by atoms with Gasteiger partial charge >= 0.3 is 5.97 Å². The number of aromatic amines is 2. The molecule has 2 heterocycles. The molecule has 0 fully saturated rings. The maximum atomic E-state index is 13.4. The van der Waals surface area contributed by atoms with E-state index in [1.165, 1.54) is 12.5 Å². The quantitative estimate of drug-likeness (QED) is 0.132. The number of amides is 3. The number of thiol groups is 1. The number of nitrogens with two attached hydrogens (primary N) is 1. The Morgan fingerprint density at radius 2 is 1.64 bits per heavy atom. The number of aliphatic carboxylic acids is 1. The third kappa shape index (κ3) is 8.32. The Morgan fingerprint density at radius 1 is 0.974 bits per heavy atom. The predicted octanol–water partition coefficient (Wildman–Crippen LogP) is 0.518. The van der Waals surface area contributed by atoms with Crippen LogP contribution in [0.2, 0.25) is 0 Å². The van der Waals surface area contributed by atoms with Gasteiger partial charge in [0, 0.05) is 41.2 Å². The van der Waals surface area contributed by atoms with Crippen molar-refractivity contribution in [2.24, 2.45) is 11.7 Å². The number of carbonyl (C=O) groups is 4. The summed E-state index contributed by atoms with van der Waals surface area (Å²) in [5.41, 5.74) is 8.61. The van der Waals surface area contributed by atoms with Crippen molar-refractivity contribution in [3.63, 3.8) is 0 Å². The number of carboxylic acids is 1. The zero-order valence-corrected chi connectivity index (χ0v) is 22.7. The molecule has 0 aliphatic heterocycles. The highest BCUT2D eigenvalue weighted by atomic mass is 32.1. The summed E-state index contributed by atoms with van der Waals surface area (Å²) in [6.07, 6.45) is 5.35. The van der Waals surface area contributed by atoms with E-state index in [2.05, 4.69) is 43.5 Å². The number of carboxylic acid groups (broad SMARTS) is 1. The number of H-pyrrole nitrogens is 2. The molecule has 0 aliphatic carbocycles. The van der Waals surface area contributed by atoms with Gasteiger partial charge < -0.3 is 36.8 Å². The molecule has 0 bridgehead atoms. The summed E-state index contributed by atoms with van der Waals surface area (Å²) >= 11 is 3.97. The molecule has 13 heteroatoms. The Hall–Kier alpha value is -3.84. The van der Waals surface area contributed by atoms with Gasteiger partial charge in [-0.25, -0.2) is 9.78 Å². The predicted molar refractivity (Wildman–Crippen MR) is 149 cm³/mol. The van der Waals surface area contributed by atoms with E-state index in [1.807, 2.05) is 38.1 Å². The third-order valence-electron chi connectivity index (χ3n) is 6.20. The number of carbonyl (C=O) groups excluding carboxylic acids is 3. The minimum atomic E-state index is -1.23. The van der Waals surface area contributed by atoms with Crippen LogP contribution in [0, 0.1) is 5.92 Å². The second kappa shape index (κ2) is 13.8. The van der Waals surface area contributed by atoms with E-state index in [-0.39, 0.29) is 30.9 Å². The zero-order valence-electron chi connectivity index (χ0n) is 21.8. The minimum absolute atomic E-state index is 0.00516. The molecule has 0 spiro atoms. The molecule has 12 nitrogen and oxygen atoms in total. The lowest BCUT2D eigenvalue weighted by molar-refractivity contribution is -0.141. The number of aromatic nitrogens is 3. The Balaban J connectivity index is 1.74. The van der Waals surface area contributed by atoms with Gasteiger partial charge in [-0.2, -0.15) is 12.6 Å². The Bertz CT molecular complexity index is 1280. The standard InChI is InChI=1S/C26H35N7O5S/c1-14(2)7-20(24(35)33-22(12-39)26(37)38)32-25(36)21(9-16-11-28-13-30-16)31-23(34)18(27)8-15-10-29-19-6-4-3-5-17(15)19/h3-6,10-11,13-14,18,20-22,29,39H,7-9,12,27H2,1-2H3,(H,28,30)(H,31,34)(H,32,36)(H,33,35)(H,37,38). The molecule has 3 amide bonds. The molecule has 3 aromatic rings. The third-order valence-corrected chi connectivity index (χ3v) is 6.57. The van der Waals surface area contributed by atoms with E-state index in [9.17, 15) is 24.3 Å². The number of nitrogens with one attached hydrogen (secondary N) is 5. The molecule has 4 unspecified atom stereocenters. The first-order valence-corrected chi connectivity index (χ1v) is 13.2. The van der Waals surface area contributed by atoms with Crippen LogP contribution in [-0.4, -0.2) is 73.7 Å². The second-order valence-electron chi connectivity index (χ2n) is 9.78.